The summed E-state index contributed by atoms with van der Waals surface area (Å²) in [4.78, 5) is 11.7. The van der Waals surface area contributed by atoms with Gasteiger partial charge in [-0.05, 0) is 38.0 Å². The Morgan fingerprint density at radius 2 is 2.25 bits per heavy atom. The van der Waals surface area contributed by atoms with Gasteiger partial charge < -0.3 is 15.8 Å². The third-order valence-electron chi connectivity index (χ3n) is 3.51. The molecule has 2 fully saturated rings. The molecule has 3 N–H and O–H groups in total. The van der Waals surface area contributed by atoms with E-state index < -0.39 is 0 Å². The van der Waals surface area contributed by atoms with E-state index in [0.29, 0.717) is 25.0 Å². The maximum Gasteiger partial charge on any atom is 0.220 e. The zero-order valence-corrected chi connectivity index (χ0v) is 9.78. The summed E-state index contributed by atoms with van der Waals surface area (Å²) in [6.45, 7) is 1.43. The van der Waals surface area contributed by atoms with Crippen LogP contribution in [-0.2, 0) is 9.53 Å². The minimum absolute atomic E-state index is 0.137. The molecule has 0 spiro atoms. The minimum Gasteiger partial charge on any atom is -0.378 e. The monoisotopic (exact) mass is 226 g/mol. The van der Waals surface area contributed by atoms with Gasteiger partial charge in [0.2, 0.25) is 5.91 Å². The van der Waals surface area contributed by atoms with Crippen LogP contribution < -0.4 is 11.1 Å². The summed E-state index contributed by atoms with van der Waals surface area (Å²) in [5.41, 5.74) is 5.64. The van der Waals surface area contributed by atoms with Crippen molar-refractivity contribution in [3.63, 3.8) is 0 Å². The van der Waals surface area contributed by atoms with E-state index in [1.165, 1.54) is 12.8 Å². The van der Waals surface area contributed by atoms with Crippen LogP contribution in [0.4, 0.5) is 0 Å². The molecule has 0 aromatic rings. The predicted octanol–water partition coefficient (Wildman–Crippen LogP) is 0.799. The van der Waals surface area contributed by atoms with Crippen LogP contribution in [0.25, 0.3) is 0 Å². The number of amides is 1. The molecule has 2 aliphatic rings. The van der Waals surface area contributed by atoms with Gasteiger partial charge in [0.05, 0.1) is 6.10 Å². The first-order valence-corrected chi connectivity index (χ1v) is 6.40. The molecule has 16 heavy (non-hydrogen) atoms. The van der Waals surface area contributed by atoms with Gasteiger partial charge in [-0.15, -0.1) is 0 Å². The largest absolute Gasteiger partial charge is 0.378 e. The van der Waals surface area contributed by atoms with Crippen molar-refractivity contribution in [2.45, 2.75) is 50.7 Å². The highest BCUT2D eigenvalue weighted by Crippen LogP contribution is 2.32. The van der Waals surface area contributed by atoms with Crippen molar-refractivity contribution in [2.24, 2.45) is 11.7 Å². The standard InChI is InChI=1S/C12H22N2O2/c13-8-11(9-3-4-9)14-12(15)6-5-10-2-1-7-16-10/h9-11H,1-8,13H2,(H,14,15). The van der Waals surface area contributed by atoms with Crippen molar-refractivity contribution < 1.29 is 9.53 Å². The van der Waals surface area contributed by atoms with Gasteiger partial charge in [-0.25, -0.2) is 0 Å². The fourth-order valence-corrected chi connectivity index (χ4v) is 2.31. The Bertz CT molecular complexity index is 235. The molecule has 0 bridgehead atoms. The fraction of sp³-hybridized carbons (Fsp3) is 0.917. The van der Waals surface area contributed by atoms with Crippen LogP contribution in [0, 0.1) is 5.92 Å². The summed E-state index contributed by atoms with van der Waals surface area (Å²) >= 11 is 0. The topological polar surface area (TPSA) is 64.3 Å². The number of rotatable bonds is 6. The Morgan fingerprint density at radius 3 is 2.81 bits per heavy atom. The van der Waals surface area contributed by atoms with Crippen LogP contribution in [-0.4, -0.2) is 31.2 Å². The van der Waals surface area contributed by atoms with Crippen LogP contribution in [0.5, 0.6) is 0 Å². The van der Waals surface area contributed by atoms with Crippen molar-refractivity contribution in [3.8, 4) is 0 Å². The van der Waals surface area contributed by atoms with Crippen molar-refractivity contribution in [1.82, 2.24) is 5.32 Å². The van der Waals surface area contributed by atoms with E-state index in [9.17, 15) is 4.79 Å². The second-order valence-corrected chi connectivity index (χ2v) is 4.92. The molecule has 0 aromatic heterocycles. The lowest BCUT2D eigenvalue weighted by Gasteiger charge is -2.16. The first-order valence-electron chi connectivity index (χ1n) is 6.40. The summed E-state index contributed by atoms with van der Waals surface area (Å²) in [5.74, 6) is 0.773. The maximum atomic E-state index is 11.7. The third kappa shape index (κ3) is 3.46. The van der Waals surface area contributed by atoms with Crippen LogP contribution in [0.3, 0.4) is 0 Å². The van der Waals surface area contributed by atoms with E-state index in [1.54, 1.807) is 0 Å². The van der Waals surface area contributed by atoms with Crippen molar-refractivity contribution in [1.29, 1.82) is 0 Å². The number of carbonyl (C=O) groups is 1. The average Bonchev–Trinajstić information content (AvgIpc) is 3.00. The number of carbonyl (C=O) groups excluding carboxylic acids is 1. The molecule has 0 aromatic carbocycles. The molecule has 1 aliphatic heterocycles. The molecule has 4 nitrogen and oxygen atoms in total. The first-order chi connectivity index (χ1) is 7.79. The third-order valence-corrected chi connectivity index (χ3v) is 3.51. The fourth-order valence-electron chi connectivity index (χ4n) is 2.31. The van der Waals surface area contributed by atoms with Gasteiger partial charge in [0.25, 0.3) is 0 Å². The van der Waals surface area contributed by atoms with Gasteiger partial charge >= 0.3 is 0 Å². The molecule has 1 saturated carbocycles. The lowest BCUT2D eigenvalue weighted by Crippen LogP contribution is -2.41. The number of ether oxygens (including phenoxy) is 1. The Labute approximate surface area is 96.9 Å². The van der Waals surface area contributed by atoms with E-state index >= 15 is 0 Å². The average molecular weight is 226 g/mol. The van der Waals surface area contributed by atoms with E-state index in [-0.39, 0.29) is 11.9 Å². The van der Waals surface area contributed by atoms with Gasteiger partial charge in [0.1, 0.15) is 0 Å². The van der Waals surface area contributed by atoms with Gasteiger partial charge in [-0.1, -0.05) is 0 Å². The normalized spacial score (nSPS) is 26.7. The smallest absolute Gasteiger partial charge is 0.220 e. The van der Waals surface area contributed by atoms with Crippen LogP contribution >= 0.6 is 0 Å². The van der Waals surface area contributed by atoms with Gasteiger partial charge in [-0.3, -0.25) is 4.79 Å². The number of nitrogens with two attached hydrogens (primary N) is 1. The van der Waals surface area contributed by atoms with Crippen LogP contribution in [0.2, 0.25) is 0 Å². The second kappa shape index (κ2) is 5.64. The lowest BCUT2D eigenvalue weighted by molar-refractivity contribution is -0.122. The van der Waals surface area contributed by atoms with Gasteiger partial charge in [0, 0.05) is 25.6 Å². The van der Waals surface area contributed by atoms with E-state index in [2.05, 4.69) is 5.32 Å². The number of hydrogen-bond donors (Lipinski definition) is 2. The van der Waals surface area contributed by atoms with E-state index in [0.717, 1.165) is 25.9 Å². The molecule has 0 radical (unpaired) electrons. The maximum absolute atomic E-state index is 11.7. The zero-order valence-electron chi connectivity index (χ0n) is 9.78. The van der Waals surface area contributed by atoms with Gasteiger partial charge in [0.15, 0.2) is 0 Å². The van der Waals surface area contributed by atoms with Crippen LogP contribution in [0.1, 0.15) is 38.5 Å². The highest BCUT2D eigenvalue weighted by Gasteiger charge is 2.31. The first kappa shape index (κ1) is 11.9. The van der Waals surface area contributed by atoms with Gasteiger partial charge in [-0.2, -0.15) is 0 Å². The molecule has 92 valence electrons. The highest BCUT2D eigenvalue weighted by molar-refractivity contribution is 5.76. The Morgan fingerprint density at radius 1 is 1.44 bits per heavy atom. The van der Waals surface area contributed by atoms with Crippen LogP contribution in [0.15, 0.2) is 0 Å². The predicted molar refractivity (Wildman–Crippen MR) is 61.9 cm³/mol. The molecule has 1 saturated heterocycles. The molecule has 1 heterocycles. The number of hydrogen-bond acceptors (Lipinski definition) is 3. The summed E-state index contributed by atoms with van der Waals surface area (Å²) in [5, 5.41) is 3.03. The molecule has 1 amide bonds. The summed E-state index contributed by atoms with van der Waals surface area (Å²) in [6.07, 6.45) is 6.42. The van der Waals surface area contributed by atoms with Crippen molar-refractivity contribution in [3.05, 3.63) is 0 Å². The Hall–Kier alpha value is -0.610. The zero-order chi connectivity index (χ0) is 11.4. The summed E-state index contributed by atoms with van der Waals surface area (Å²) in [6, 6.07) is 0.206. The van der Waals surface area contributed by atoms with Crippen molar-refractivity contribution in [2.75, 3.05) is 13.2 Å². The highest BCUT2D eigenvalue weighted by atomic mass is 16.5. The molecular formula is C12H22N2O2. The minimum atomic E-state index is 0.137. The molecule has 2 unspecified atom stereocenters. The molecular weight excluding hydrogens is 204 g/mol. The number of nitrogens with one attached hydrogen (secondary N) is 1. The molecule has 4 heteroatoms. The summed E-state index contributed by atoms with van der Waals surface area (Å²) < 4.78 is 5.49. The molecule has 2 atom stereocenters. The quantitative estimate of drug-likeness (QED) is 0.704. The molecule has 1 aliphatic carbocycles. The van der Waals surface area contributed by atoms with E-state index in [4.69, 9.17) is 10.5 Å². The second-order valence-electron chi connectivity index (χ2n) is 4.92. The SMILES string of the molecule is NCC(NC(=O)CCC1CCCO1)C1CC1. The Balaban J connectivity index is 1.62. The Kier molecular flexibility index (Phi) is 4.18. The van der Waals surface area contributed by atoms with E-state index in [1.807, 2.05) is 0 Å². The lowest BCUT2D eigenvalue weighted by atomic mass is 10.1. The summed E-state index contributed by atoms with van der Waals surface area (Å²) in [7, 11) is 0. The van der Waals surface area contributed by atoms with Crippen molar-refractivity contribution >= 4 is 5.91 Å². The molecule has 2 rings (SSSR count).